The smallest absolute Gasteiger partial charge is 0.411 e. The summed E-state index contributed by atoms with van der Waals surface area (Å²) < 4.78 is 4.66. The molecule has 0 spiro atoms. The lowest BCUT2D eigenvalue weighted by Gasteiger charge is -2.12. The Hall–Kier alpha value is -2.72. The molecule has 3 rings (SSSR count). The molecule has 140 valence electrons. The molecule has 2 aromatic carbocycles. The number of thiol groups is 1. The lowest BCUT2D eigenvalue weighted by atomic mass is 10.0. The third-order valence-electron chi connectivity index (χ3n) is 3.76. The molecule has 0 saturated heterocycles. The van der Waals surface area contributed by atoms with Crippen LogP contribution in [0.2, 0.25) is 0 Å². The van der Waals surface area contributed by atoms with Gasteiger partial charge in [0.05, 0.1) is 23.7 Å². The van der Waals surface area contributed by atoms with E-state index in [1.54, 1.807) is 31.2 Å². The van der Waals surface area contributed by atoms with E-state index in [4.69, 9.17) is 0 Å². The fourth-order valence-corrected chi connectivity index (χ4v) is 3.27. The van der Waals surface area contributed by atoms with E-state index in [2.05, 4.69) is 43.1 Å². The van der Waals surface area contributed by atoms with E-state index in [1.165, 1.54) is 18.4 Å². The zero-order valence-corrected chi connectivity index (χ0v) is 16.5. The van der Waals surface area contributed by atoms with Gasteiger partial charge in [0.25, 0.3) is 5.13 Å². The molecule has 0 aliphatic rings. The minimum Gasteiger partial charge on any atom is -0.507 e. The molecule has 3 aromatic rings. The summed E-state index contributed by atoms with van der Waals surface area (Å²) in [5.41, 5.74) is 1.56. The van der Waals surface area contributed by atoms with E-state index in [1.807, 2.05) is 6.92 Å². The Morgan fingerprint density at radius 2 is 2.15 bits per heavy atom. The Kier molecular flexibility index (Phi) is 5.57. The number of rotatable bonds is 4. The third kappa shape index (κ3) is 4.01. The number of hydrogen-bond donors (Lipinski definition) is 3. The molecule has 27 heavy (non-hydrogen) atoms. The van der Waals surface area contributed by atoms with Crippen molar-refractivity contribution in [2.75, 3.05) is 12.4 Å². The van der Waals surface area contributed by atoms with Crippen LogP contribution in [0.4, 0.5) is 21.3 Å². The first-order valence-corrected chi connectivity index (χ1v) is 9.27. The topological polar surface area (TPSA) is 109 Å². The lowest BCUT2D eigenvalue weighted by Crippen LogP contribution is -2.11. The van der Waals surface area contributed by atoms with Gasteiger partial charge in [-0.15, -0.1) is 20.4 Å². The molecular weight excluding hydrogens is 386 g/mol. The van der Waals surface area contributed by atoms with Crippen molar-refractivity contribution in [3.8, 4) is 5.75 Å². The second-order valence-corrected chi connectivity index (χ2v) is 7.47. The maximum absolute atomic E-state index is 11.7. The van der Waals surface area contributed by atoms with Crippen molar-refractivity contribution in [3.63, 3.8) is 0 Å². The van der Waals surface area contributed by atoms with Crippen molar-refractivity contribution >= 4 is 57.3 Å². The van der Waals surface area contributed by atoms with Gasteiger partial charge >= 0.3 is 6.09 Å². The van der Waals surface area contributed by atoms with Gasteiger partial charge < -0.3 is 9.84 Å². The van der Waals surface area contributed by atoms with Gasteiger partial charge in [-0.05, 0) is 31.5 Å². The number of ether oxygens (including phenoxy) is 1. The number of anilines is 1. The average Bonchev–Trinajstić information content (AvgIpc) is 3.13. The highest BCUT2D eigenvalue weighted by molar-refractivity contribution is 7.80. The third-order valence-corrected chi connectivity index (χ3v) is 5.16. The quantitative estimate of drug-likeness (QED) is 0.405. The van der Waals surface area contributed by atoms with E-state index in [-0.39, 0.29) is 11.0 Å². The fourth-order valence-electron chi connectivity index (χ4n) is 2.46. The average molecular weight is 403 g/mol. The molecule has 2 N–H and O–H groups in total. The number of benzene rings is 2. The molecule has 0 aliphatic carbocycles. The maximum atomic E-state index is 11.7. The predicted molar refractivity (Wildman–Crippen MR) is 108 cm³/mol. The van der Waals surface area contributed by atoms with E-state index >= 15 is 0 Å². The van der Waals surface area contributed by atoms with Gasteiger partial charge in [0.15, 0.2) is 0 Å². The Morgan fingerprint density at radius 1 is 1.37 bits per heavy atom. The van der Waals surface area contributed by atoms with Crippen molar-refractivity contribution in [3.05, 3.63) is 34.8 Å². The summed E-state index contributed by atoms with van der Waals surface area (Å²) in [6.45, 7) is 3.66. The summed E-state index contributed by atoms with van der Waals surface area (Å²) in [6, 6.07) is 6.84. The van der Waals surface area contributed by atoms with Crippen molar-refractivity contribution < 1.29 is 14.6 Å². The number of aromatic nitrogens is 2. The SMILES string of the molecule is COC(=O)Nc1cccc2c(O)c(C)cc(N=Nc3nnc(C(C)S)s3)c12. The number of nitrogens with one attached hydrogen (secondary N) is 1. The molecule has 10 heteroatoms. The highest BCUT2D eigenvalue weighted by Gasteiger charge is 2.15. The standard InChI is InChI=1S/C17H17N5O3S2/c1-8-7-12(19-21-16-22-20-15(27-16)9(2)26)13-10(14(8)23)5-4-6-11(13)18-17(24)25-3/h4-7,9,23,26H,1-3H3,(H,18,24). The molecule has 8 nitrogen and oxygen atoms in total. The predicted octanol–water partition coefficient (Wildman–Crippen LogP) is 5.29. The highest BCUT2D eigenvalue weighted by atomic mass is 32.1. The number of aryl methyl sites for hydroxylation is 1. The number of phenols is 1. The highest BCUT2D eigenvalue weighted by Crippen LogP contribution is 2.41. The first-order chi connectivity index (χ1) is 12.9. The van der Waals surface area contributed by atoms with Crippen LogP contribution in [0.25, 0.3) is 10.8 Å². The molecular formula is C17H17N5O3S2. The van der Waals surface area contributed by atoms with Gasteiger partial charge in [0.1, 0.15) is 10.8 Å². The number of amides is 1. The molecule has 1 atom stereocenters. The van der Waals surface area contributed by atoms with Crippen molar-refractivity contribution in [2.45, 2.75) is 19.1 Å². The van der Waals surface area contributed by atoms with E-state index in [9.17, 15) is 9.90 Å². The van der Waals surface area contributed by atoms with Gasteiger partial charge in [-0.25, -0.2) is 4.79 Å². The van der Waals surface area contributed by atoms with Crippen LogP contribution in [0.1, 0.15) is 22.7 Å². The largest absolute Gasteiger partial charge is 0.507 e. The summed E-state index contributed by atoms with van der Waals surface area (Å²) in [6.07, 6.45) is -0.623. The van der Waals surface area contributed by atoms with Crippen LogP contribution in [0, 0.1) is 6.92 Å². The zero-order valence-electron chi connectivity index (χ0n) is 14.8. The number of fused-ring (bicyclic) bond motifs is 1. The van der Waals surface area contributed by atoms with Crippen molar-refractivity contribution in [1.82, 2.24) is 10.2 Å². The monoisotopic (exact) mass is 403 g/mol. The summed E-state index contributed by atoms with van der Waals surface area (Å²) in [5.74, 6) is 0.111. The fraction of sp³-hybridized carbons (Fsp3) is 0.235. The second-order valence-electron chi connectivity index (χ2n) is 5.70. The van der Waals surface area contributed by atoms with Gasteiger partial charge in [0, 0.05) is 10.8 Å². The van der Waals surface area contributed by atoms with Crippen LogP contribution in [-0.4, -0.2) is 28.5 Å². The minimum absolute atomic E-state index is 0.0425. The van der Waals surface area contributed by atoms with Crippen molar-refractivity contribution in [1.29, 1.82) is 0 Å². The number of aromatic hydroxyl groups is 1. The molecule has 1 heterocycles. The Bertz CT molecular complexity index is 1030. The van der Waals surface area contributed by atoms with Gasteiger partial charge in [-0.2, -0.15) is 12.6 Å². The number of methoxy groups -OCH3 is 1. The summed E-state index contributed by atoms with van der Waals surface area (Å²) in [7, 11) is 1.28. The van der Waals surface area contributed by atoms with Gasteiger partial charge in [0.2, 0.25) is 0 Å². The van der Waals surface area contributed by atoms with Crippen LogP contribution < -0.4 is 5.32 Å². The number of nitrogens with zero attached hydrogens (tertiary/aromatic N) is 4. The first-order valence-electron chi connectivity index (χ1n) is 7.94. The molecule has 0 radical (unpaired) electrons. The second kappa shape index (κ2) is 7.89. The Labute approximate surface area is 164 Å². The molecule has 1 aromatic heterocycles. The van der Waals surface area contributed by atoms with Gasteiger partial charge in [-0.1, -0.05) is 23.5 Å². The van der Waals surface area contributed by atoms with Crippen molar-refractivity contribution in [2.24, 2.45) is 10.2 Å². The summed E-state index contributed by atoms with van der Waals surface area (Å²) in [4.78, 5) is 11.7. The van der Waals surface area contributed by atoms with Crippen LogP contribution in [0.5, 0.6) is 5.75 Å². The Balaban J connectivity index is 2.11. The maximum Gasteiger partial charge on any atom is 0.411 e. The van der Waals surface area contributed by atoms with Gasteiger partial charge in [-0.3, -0.25) is 5.32 Å². The summed E-state index contributed by atoms with van der Waals surface area (Å²) in [5, 5.41) is 31.6. The molecule has 0 saturated carbocycles. The zero-order chi connectivity index (χ0) is 19.6. The molecule has 1 unspecified atom stereocenters. The van der Waals surface area contributed by atoms with Crippen LogP contribution >= 0.6 is 24.0 Å². The van der Waals surface area contributed by atoms with Crippen LogP contribution in [0.15, 0.2) is 34.5 Å². The first kappa shape index (κ1) is 19.1. The normalized spacial score (nSPS) is 12.4. The number of carbonyl (C=O) groups is 1. The number of phenolic OH excluding ortho intramolecular Hbond substituents is 1. The van der Waals surface area contributed by atoms with E-state index in [0.29, 0.717) is 32.8 Å². The molecule has 0 aliphatic heterocycles. The number of carbonyl (C=O) groups excluding carboxylic acids is 1. The van der Waals surface area contributed by atoms with Crippen LogP contribution in [0.3, 0.4) is 0 Å². The number of hydrogen-bond acceptors (Lipinski definition) is 9. The molecule has 0 bridgehead atoms. The lowest BCUT2D eigenvalue weighted by molar-refractivity contribution is 0.187. The van der Waals surface area contributed by atoms with E-state index in [0.717, 1.165) is 5.01 Å². The minimum atomic E-state index is -0.623. The molecule has 0 fully saturated rings. The summed E-state index contributed by atoms with van der Waals surface area (Å²) >= 11 is 5.62. The van der Waals surface area contributed by atoms with Crippen LogP contribution in [-0.2, 0) is 4.74 Å². The van der Waals surface area contributed by atoms with E-state index < -0.39 is 6.09 Å². The molecule has 1 amide bonds. The number of azo groups is 1. The Morgan fingerprint density at radius 3 is 2.81 bits per heavy atom.